The number of aromatic carboxylic acids is 1. The van der Waals surface area contributed by atoms with Gasteiger partial charge in [0.15, 0.2) is 0 Å². The summed E-state index contributed by atoms with van der Waals surface area (Å²) in [6.07, 6.45) is 0.825. The van der Waals surface area contributed by atoms with Gasteiger partial charge < -0.3 is 20.4 Å². The molecule has 6 heteroatoms. The van der Waals surface area contributed by atoms with Crippen molar-refractivity contribution in [2.75, 3.05) is 11.9 Å². The molecule has 0 aliphatic heterocycles. The fraction of sp³-hybridized carbons (Fsp3) is 0.429. The van der Waals surface area contributed by atoms with E-state index >= 15 is 0 Å². The van der Waals surface area contributed by atoms with Crippen LogP contribution in [0.4, 0.5) is 10.5 Å². The third-order valence-corrected chi connectivity index (χ3v) is 3.21. The number of nitrogens with zero attached hydrogens (tertiary/aromatic N) is 1. The molecule has 1 unspecified atom stereocenters. The maximum absolute atomic E-state index is 12.1. The Hall–Kier alpha value is -2.24. The molecule has 20 heavy (non-hydrogen) atoms. The van der Waals surface area contributed by atoms with Gasteiger partial charge in [0.25, 0.3) is 0 Å². The topological polar surface area (TPSA) is 89.9 Å². The molecule has 1 atom stereocenters. The second-order valence-electron chi connectivity index (χ2n) is 4.51. The number of carboxylic acids is 1. The van der Waals surface area contributed by atoms with Crippen molar-refractivity contribution >= 4 is 17.7 Å². The number of benzene rings is 1. The van der Waals surface area contributed by atoms with Crippen LogP contribution in [0.2, 0.25) is 0 Å². The zero-order valence-corrected chi connectivity index (χ0v) is 11.9. The summed E-state index contributed by atoms with van der Waals surface area (Å²) >= 11 is 0. The molecule has 2 amide bonds. The van der Waals surface area contributed by atoms with Crippen molar-refractivity contribution in [1.29, 1.82) is 0 Å². The minimum Gasteiger partial charge on any atom is -0.506 e. The Morgan fingerprint density at radius 3 is 2.45 bits per heavy atom. The van der Waals surface area contributed by atoms with E-state index in [1.54, 1.807) is 4.90 Å². The standard InChI is InChI=1S/C14H20N2O4/c1-4-9(3)16(5-2)14(20)15-11-7-6-10(13(18)19)8-12(11)17/h6-9,17H,4-5H2,1-3H3,(H,15,20)(H,18,19). The number of carbonyl (C=O) groups is 2. The molecular weight excluding hydrogens is 260 g/mol. The lowest BCUT2D eigenvalue weighted by Gasteiger charge is -2.27. The van der Waals surface area contributed by atoms with Crippen LogP contribution in [-0.2, 0) is 0 Å². The summed E-state index contributed by atoms with van der Waals surface area (Å²) in [5.74, 6) is -1.40. The van der Waals surface area contributed by atoms with Crippen molar-refractivity contribution in [2.24, 2.45) is 0 Å². The van der Waals surface area contributed by atoms with Gasteiger partial charge in [-0.05, 0) is 38.5 Å². The van der Waals surface area contributed by atoms with Crippen molar-refractivity contribution < 1.29 is 19.8 Å². The predicted molar refractivity (Wildman–Crippen MR) is 76.2 cm³/mol. The Kier molecular flexibility index (Phi) is 5.37. The minimum atomic E-state index is -1.13. The van der Waals surface area contributed by atoms with E-state index in [-0.39, 0.29) is 29.1 Å². The van der Waals surface area contributed by atoms with E-state index in [0.717, 1.165) is 12.5 Å². The van der Waals surface area contributed by atoms with Crippen LogP contribution >= 0.6 is 0 Å². The summed E-state index contributed by atoms with van der Waals surface area (Å²) < 4.78 is 0. The number of rotatable bonds is 5. The molecular formula is C14H20N2O4. The Balaban J connectivity index is 2.87. The lowest BCUT2D eigenvalue weighted by molar-refractivity contribution is 0.0696. The van der Waals surface area contributed by atoms with Crippen LogP contribution in [0.1, 0.15) is 37.6 Å². The highest BCUT2D eigenvalue weighted by Gasteiger charge is 2.18. The van der Waals surface area contributed by atoms with Gasteiger partial charge in [-0.1, -0.05) is 6.92 Å². The molecule has 1 aromatic rings. The van der Waals surface area contributed by atoms with Gasteiger partial charge in [0, 0.05) is 12.6 Å². The molecule has 0 bridgehead atoms. The number of aromatic hydroxyl groups is 1. The molecule has 0 heterocycles. The summed E-state index contributed by atoms with van der Waals surface area (Å²) in [6, 6.07) is 3.58. The van der Waals surface area contributed by atoms with E-state index in [4.69, 9.17) is 5.11 Å². The number of anilines is 1. The van der Waals surface area contributed by atoms with Gasteiger partial charge in [0.05, 0.1) is 11.3 Å². The highest BCUT2D eigenvalue weighted by atomic mass is 16.4. The quantitative estimate of drug-likeness (QED) is 0.723. The smallest absolute Gasteiger partial charge is 0.335 e. The van der Waals surface area contributed by atoms with E-state index in [9.17, 15) is 14.7 Å². The summed E-state index contributed by atoms with van der Waals surface area (Å²) in [5.41, 5.74) is 0.163. The Labute approximate surface area is 118 Å². The third kappa shape index (κ3) is 3.63. The van der Waals surface area contributed by atoms with Crippen molar-refractivity contribution in [1.82, 2.24) is 4.90 Å². The molecule has 0 aromatic heterocycles. The first-order chi connectivity index (χ1) is 9.40. The van der Waals surface area contributed by atoms with Crippen LogP contribution in [-0.4, -0.2) is 39.7 Å². The van der Waals surface area contributed by atoms with Gasteiger partial charge in [-0.25, -0.2) is 9.59 Å². The molecule has 0 radical (unpaired) electrons. The van der Waals surface area contributed by atoms with Crippen LogP contribution in [0.25, 0.3) is 0 Å². The zero-order chi connectivity index (χ0) is 15.3. The number of hydrogen-bond donors (Lipinski definition) is 3. The van der Waals surface area contributed by atoms with E-state index < -0.39 is 5.97 Å². The third-order valence-electron chi connectivity index (χ3n) is 3.21. The molecule has 0 saturated heterocycles. The van der Waals surface area contributed by atoms with Gasteiger partial charge in [0.2, 0.25) is 0 Å². The number of nitrogens with one attached hydrogen (secondary N) is 1. The van der Waals surface area contributed by atoms with Crippen LogP contribution in [0.3, 0.4) is 0 Å². The normalized spacial score (nSPS) is 11.8. The molecule has 1 aromatic carbocycles. The average molecular weight is 280 g/mol. The van der Waals surface area contributed by atoms with E-state index in [1.807, 2.05) is 20.8 Å². The zero-order valence-electron chi connectivity index (χ0n) is 11.9. The van der Waals surface area contributed by atoms with Crippen LogP contribution < -0.4 is 5.32 Å². The highest BCUT2D eigenvalue weighted by Crippen LogP contribution is 2.25. The fourth-order valence-electron chi connectivity index (χ4n) is 1.83. The first-order valence-corrected chi connectivity index (χ1v) is 6.54. The monoisotopic (exact) mass is 280 g/mol. The average Bonchev–Trinajstić information content (AvgIpc) is 2.41. The molecule has 0 aliphatic rings. The molecule has 3 N–H and O–H groups in total. The number of phenolic OH excluding ortho intramolecular Hbond substituents is 1. The Bertz CT molecular complexity index is 502. The maximum Gasteiger partial charge on any atom is 0.335 e. The Morgan fingerprint density at radius 2 is 2.00 bits per heavy atom. The summed E-state index contributed by atoms with van der Waals surface area (Å²) in [6.45, 7) is 6.35. The molecule has 0 saturated carbocycles. The summed E-state index contributed by atoms with van der Waals surface area (Å²) in [4.78, 5) is 24.5. The first-order valence-electron chi connectivity index (χ1n) is 6.54. The van der Waals surface area contributed by atoms with Crippen LogP contribution in [0.5, 0.6) is 5.75 Å². The van der Waals surface area contributed by atoms with Crippen molar-refractivity contribution in [3.8, 4) is 5.75 Å². The second-order valence-corrected chi connectivity index (χ2v) is 4.51. The van der Waals surface area contributed by atoms with Gasteiger partial charge >= 0.3 is 12.0 Å². The maximum atomic E-state index is 12.1. The second kappa shape index (κ2) is 6.79. The number of hydrogen-bond acceptors (Lipinski definition) is 3. The largest absolute Gasteiger partial charge is 0.506 e. The number of phenols is 1. The summed E-state index contributed by atoms with van der Waals surface area (Å²) in [5, 5.41) is 21.1. The lowest BCUT2D eigenvalue weighted by Crippen LogP contribution is -2.41. The molecule has 6 nitrogen and oxygen atoms in total. The fourth-order valence-corrected chi connectivity index (χ4v) is 1.83. The van der Waals surface area contributed by atoms with Gasteiger partial charge in [0.1, 0.15) is 5.75 Å². The minimum absolute atomic E-state index is 0.0326. The van der Waals surface area contributed by atoms with E-state index in [2.05, 4.69) is 5.32 Å². The molecule has 0 fully saturated rings. The highest BCUT2D eigenvalue weighted by molar-refractivity contribution is 5.93. The van der Waals surface area contributed by atoms with Crippen molar-refractivity contribution in [3.63, 3.8) is 0 Å². The number of urea groups is 1. The van der Waals surface area contributed by atoms with Crippen molar-refractivity contribution in [2.45, 2.75) is 33.2 Å². The summed E-state index contributed by atoms with van der Waals surface area (Å²) in [7, 11) is 0. The lowest BCUT2D eigenvalue weighted by atomic mass is 10.2. The van der Waals surface area contributed by atoms with Crippen LogP contribution in [0.15, 0.2) is 18.2 Å². The number of carboxylic acid groups (broad SMARTS) is 1. The first kappa shape index (κ1) is 15.8. The number of carbonyl (C=O) groups excluding carboxylic acids is 1. The SMILES string of the molecule is CCC(C)N(CC)C(=O)Nc1ccc(C(=O)O)cc1O. The Morgan fingerprint density at radius 1 is 1.35 bits per heavy atom. The molecule has 110 valence electrons. The van der Waals surface area contributed by atoms with E-state index in [1.165, 1.54) is 12.1 Å². The predicted octanol–water partition coefficient (Wildman–Crippen LogP) is 2.74. The van der Waals surface area contributed by atoms with Gasteiger partial charge in [-0.15, -0.1) is 0 Å². The molecule has 0 spiro atoms. The van der Waals surface area contributed by atoms with Gasteiger partial charge in [-0.3, -0.25) is 0 Å². The number of amides is 2. The molecule has 0 aliphatic carbocycles. The van der Waals surface area contributed by atoms with Crippen LogP contribution in [0, 0.1) is 0 Å². The van der Waals surface area contributed by atoms with E-state index in [0.29, 0.717) is 6.54 Å². The van der Waals surface area contributed by atoms with Crippen molar-refractivity contribution in [3.05, 3.63) is 23.8 Å². The van der Waals surface area contributed by atoms with Gasteiger partial charge in [-0.2, -0.15) is 0 Å². The molecule has 1 rings (SSSR count).